The number of nitrogens with one attached hydrogen (secondary N) is 3. The number of rotatable bonds is 10. The zero-order valence-corrected chi connectivity index (χ0v) is 23.1. The molecule has 1 aliphatic rings. The van der Waals surface area contributed by atoms with Crippen molar-refractivity contribution < 1.29 is 32.8 Å². The van der Waals surface area contributed by atoms with Gasteiger partial charge in [0, 0.05) is 13.3 Å². The van der Waals surface area contributed by atoms with Crippen molar-refractivity contribution in [3.63, 3.8) is 0 Å². The molecule has 1 unspecified atom stereocenters. The lowest BCUT2D eigenvalue weighted by atomic mass is 10.00. The lowest BCUT2D eigenvalue weighted by Crippen LogP contribution is -2.61. The maximum Gasteiger partial charge on any atom is 0.276 e. The van der Waals surface area contributed by atoms with Crippen LogP contribution >= 0.6 is 0 Å². The summed E-state index contributed by atoms with van der Waals surface area (Å²) in [6.07, 6.45) is 0.484. The Morgan fingerprint density at radius 1 is 1.22 bits per heavy atom. The number of ether oxygens (including phenoxy) is 1. The van der Waals surface area contributed by atoms with Gasteiger partial charge in [-0.25, -0.2) is 18.4 Å². The Hall–Kier alpha value is -3.85. The molecular weight excluding hydrogens is 540 g/mol. The number of carbonyl (C=O) groups excluding carboxylic acids is 2. The molecule has 220 valence electrons. The summed E-state index contributed by atoms with van der Waals surface area (Å²) in [5, 5.41) is 25.6. The van der Waals surface area contributed by atoms with E-state index in [2.05, 4.69) is 31.2 Å². The number of aromatic nitrogens is 3. The summed E-state index contributed by atoms with van der Waals surface area (Å²) in [4.78, 5) is 32.1. The van der Waals surface area contributed by atoms with E-state index in [-0.39, 0.29) is 18.1 Å². The van der Waals surface area contributed by atoms with Crippen LogP contribution in [0.2, 0.25) is 0 Å². The van der Waals surface area contributed by atoms with E-state index >= 15 is 0 Å². The highest BCUT2D eigenvalue weighted by Gasteiger charge is 2.42. The number of alkyl halides is 2. The highest BCUT2D eigenvalue weighted by atomic mass is 19.3. The first-order valence-electron chi connectivity index (χ1n) is 13.0. The van der Waals surface area contributed by atoms with Crippen LogP contribution in [0.1, 0.15) is 57.4 Å². The molecule has 14 heteroatoms. The minimum absolute atomic E-state index is 0.0149. The number of benzene rings is 1. The number of nitrogens with zero attached hydrogens (tertiary/aromatic N) is 4. The Morgan fingerprint density at radius 2 is 1.95 bits per heavy atom. The van der Waals surface area contributed by atoms with Gasteiger partial charge >= 0.3 is 0 Å². The van der Waals surface area contributed by atoms with Crippen LogP contribution in [0.4, 0.5) is 14.6 Å². The van der Waals surface area contributed by atoms with Gasteiger partial charge in [0.05, 0.1) is 25.7 Å². The first kappa shape index (κ1) is 30.1. The number of halogens is 2. The van der Waals surface area contributed by atoms with E-state index in [9.17, 15) is 23.5 Å². The summed E-state index contributed by atoms with van der Waals surface area (Å²) in [7, 11) is 1.42. The number of pyridine rings is 1. The summed E-state index contributed by atoms with van der Waals surface area (Å²) in [6, 6.07) is 6.67. The molecule has 2 aromatic heterocycles. The normalized spacial score (nSPS) is 18.5. The first-order chi connectivity index (χ1) is 19.5. The average Bonchev–Trinajstić information content (AvgIpc) is 3.40. The second-order valence-electron chi connectivity index (χ2n) is 9.96. The fraction of sp³-hybridized carbons (Fsp3) is 0.444. The molecule has 0 radical (unpaired) electrons. The molecule has 4 N–H and O–H groups in total. The van der Waals surface area contributed by atoms with Crippen LogP contribution in [0.15, 0.2) is 41.2 Å². The fourth-order valence-corrected chi connectivity index (χ4v) is 4.80. The number of carbonyl (C=O) groups is 2. The van der Waals surface area contributed by atoms with Crippen LogP contribution in [0.5, 0.6) is 0 Å². The Bertz CT molecular complexity index is 1370. The van der Waals surface area contributed by atoms with Gasteiger partial charge in [0.1, 0.15) is 17.6 Å². The molecule has 3 atom stereocenters. The zero-order chi connectivity index (χ0) is 29.7. The third-order valence-electron chi connectivity index (χ3n) is 6.64. The number of methoxy groups -OCH3 is 1. The molecule has 3 aromatic rings. The van der Waals surface area contributed by atoms with Gasteiger partial charge in [0.2, 0.25) is 0 Å². The lowest BCUT2D eigenvalue weighted by Gasteiger charge is -2.41. The van der Waals surface area contributed by atoms with Gasteiger partial charge in [0.15, 0.2) is 12.0 Å². The van der Waals surface area contributed by atoms with Crippen molar-refractivity contribution in [1.29, 1.82) is 0 Å². The number of aliphatic hydroxyl groups excluding tert-OH is 1. The number of hydrogen-bond acceptors (Lipinski definition) is 10. The van der Waals surface area contributed by atoms with E-state index in [1.54, 1.807) is 25.1 Å². The lowest BCUT2D eigenvalue weighted by molar-refractivity contribution is -0.160. The van der Waals surface area contributed by atoms with Gasteiger partial charge in [-0.1, -0.05) is 41.4 Å². The zero-order valence-electron chi connectivity index (χ0n) is 23.1. The van der Waals surface area contributed by atoms with Crippen LogP contribution in [-0.4, -0.2) is 76.2 Å². The highest BCUT2D eigenvalue weighted by molar-refractivity contribution is 6.01. The topological polar surface area (TPSA) is 155 Å². The van der Waals surface area contributed by atoms with Crippen molar-refractivity contribution in [2.75, 3.05) is 32.1 Å². The van der Waals surface area contributed by atoms with E-state index in [1.165, 1.54) is 24.3 Å². The second-order valence-corrected chi connectivity index (χ2v) is 9.96. The Morgan fingerprint density at radius 3 is 2.63 bits per heavy atom. The van der Waals surface area contributed by atoms with Crippen molar-refractivity contribution >= 4 is 17.6 Å². The van der Waals surface area contributed by atoms with Crippen LogP contribution < -0.4 is 16.0 Å². The van der Waals surface area contributed by atoms with Gasteiger partial charge in [-0.15, -0.1) is 0 Å². The van der Waals surface area contributed by atoms with Crippen molar-refractivity contribution in [2.24, 2.45) is 0 Å². The van der Waals surface area contributed by atoms with Gasteiger partial charge in [-0.3, -0.25) is 19.8 Å². The molecule has 4 rings (SSSR count). The predicted octanol–water partition coefficient (Wildman–Crippen LogP) is 2.26. The number of amides is 2. The third kappa shape index (κ3) is 7.27. The first-order valence-corrected chi connectivity index (χ1v) is 13.0. The monoisotopic (exact) mass is 573 g/mol. The molecule has 3 heterocycles. The number of aliphatic hydroxyl groups is 1. The van der Waals surface area contributed by atoms with Crippen LogP contribution in [0, 0.1) is 13.8 Å². The second kappa shape index (κ2) is 12.8. The molecule has 1 aliphatic heterocycles. The molecule has 1 fully saturated rings. The van der Waals surface area contributed by atoms with E-state index in [0.29, 0.717) is 23.2 Å². The standard InChI is InChI=1S/C27H33F2N7O5/c1-5-19-23(35-41-34-19)25(38)33-22(18-9-15(2)8-16(3)10-18)24(37)32-21-11-17(6-7-30-21)20(12-40-4)36-14-27(28,29)13-31-26(36)39/h6-11,20,22,26,31,39H,5,12-14H2,1-4H3,(H,33,38)(H,30,32,37)/t20-,22+,26?/m1/s1. The molecule has 1 saturated heterocycles. The molecule has 0 bridgehead atoms. The van der Waals surface area contributed by atoms with Crippen molar-refractivity contribution in [1.82, 2.24) is 30.8 Å². The maximum atomic E-state index is 14.2. The molecule has 0 aliphatic carbocycles. The van der Waals surface area contributed by atoms with E-state index in [4.69, 9.17) is 9.37 Å². The van der Waals surface area contributed by atoms with E-state index in [1.807, 2.05) is 19.9 Å². The Labute approximate surface area is 235 Å². The van der Waals surface area contributed by atoms with E-state index in [0.717, 1.165) is 11.1 Å². The molecular formula is C27H33F2N7O5. The quantitative estimate of drug-likeness (QED) is 0.284. The number of aryl methyl sites for hydroxylation is 3. The molecule has 12 nitrogen and oxygen atoms in total. The molecule has 1 aromatic carbocycles. The summed E-state index contributed by atoms with van der Waals surface area (Å²) in [6.45, 7) is 4.17. The molecule has 41 heavy (non-hydrogen) atoms. The van der Waals surface area contributed by atoms with E-state index < -0.39 is 49.3 Å². The summed E-state index contributed by atoms with van der Waals surface area (Å²) in [5.41, 5.74) is 3.10. The number of anilines is 1. The smallest absolute Gasteiger partial charge is 0.276 e. The number of hydrogen-bond donors (Lipinski definition) is 4. The summed E-state index contributed by atoms with van der Waals surface area (Å²) < 4.78 is 38.3. The fourth-order valence-electron chi connectivity index (χ4n) is 4.80. The minimum Gasteiger partial charge on any atom is -0.383 e. The van der Waals surface area contributed by atoms with Gasteiger partial charge in [-0.05, 0) is 48.7 Å². The Kier molecular flexibility index (Phi) is 9.38. The average molecular weight is 574 g/mol. The summed E-state index contributed by atoms with van der Waals surface area (Å²) in [5.74, 6) is -4.20. The highest BCUT2D eigenvalue weighted by Crippen LogP contribution is 2.30. The van der Waals surface area contributed by atoms with Crippen molar-refractivity contribution in [3.05, 3.63) is 70.2 Å². The van der Waals surface area contributed by atoms with Crippen molar-refractivity contribution in [2.45, 2.75) is 51.6 Å². The Balaban J connectivity index is 1.62. The largest absolute Gasteiger partial charge is 0.383 e. The van der Waals surface area contributed by atoms with Gasteiger partial charge in [0.25, 0.3) is 17.7 Å². The maximum absolute atomic E-state index is 14.2. The van der Waals surface area contributed by atoms with Crippen LogP contribution in [0.3, 0.4) is 0 Å². The van der Waals surface area contributed by atoms with Gasteiger partial charge in [-0.2, -0.15) is 0 Å². The van der Waals surface area contributed by atoms with Gasteiger partial charge < -0.3 is 20.5 Å². The van der Waals surface area contributed by atoms with Crippen LogP contribution in [0.25, 0.3) is 0 Å². The summed E-state index contributed by atoms with van der Waals surface area (Å²) >= 11 is 0. The van der Waals surface area contributed by atoms with Crippen molar-refractivity contribution in [3.8, 4) is 0 Å². The predicted molar refractivity (Wildman–Crippen MR) is 143 cm³/mol. The molecule has 0 saturated carbocycles. The molecule has 2 amide bonds. The molecule has 0 spiro atoms. The third-order valence-corrected chi connectivity index (χ3v) is 6.64. The SMILES string of the molecule is CCc1nonc1C(=O)N[C@H](C(=O)Nc1cc([C@@H](COC)N2CC(F)(F)CNC2O)ccn1)c1cc(C)cc(C)c1. The minimum atomic E-state index is -3.07. The van der Waals surface area contributed by atoms with Crippen LogP contribution in [-0.2, 0) is 16.0 Å².